The van der Waals surface area contributed by atoms with Crippen LogP contribution < -0.4 is 0 Å². The van der Waals surface area contributed by atoms with Gasteiger partial charge in [-0.25, -0.2) is 4.98 Å². The Morgan fingerprint density at radius 1 is 1.25 bits per heavy atom. The number of nitrogens with one attached hydrogen (secondary N) is 1. The molecule has 2 aromatic heterocycles. The topological polar surface area (TPSA) is 41.6 Å². The van der Waals surface area contributed by atoms with Crippen molar-refractivity contribution in [3.05, 3.63) is 23.8 Å². The number of hydrogen-bond donors (Lipinski definition) is 1. The van der Waals surface area contributed by atoms with Crippen molar-refractivity contribution in [2.75, 3.05) is 0 Å². The highest BCUT2D eigenvalue weighted by Gasteiger charge is 2.15. The van der Waals surface area contributed by atoms with Crippen LogP contribution in [0.15, 0.2) is 12.5 Å². The number of rotatable bonds is 0. The number of hydrogen-bond acceptors (Lipinski definition) is 2. The first-order valence-corrected chi connectivity index (χ1v) is 4.25. The highest BCUT2D eigenvalue weighted by atomic mass is 14.9. The van der Waals surface area contributed by atoms with Crippen LogP contribution in [0.5, 0.6) is 0 Å². The van der Waals surface area contributed by atoms with Gasteiger partial charge in [-0.1, -0.05) is 0 Å². The van der Waals surface area contributed by atoms with E-state index in [1.165, 1.54) is 17.7 Å². The minimum absolute atomic E-state index is 1.07. The van der Waals surface area contributed by atoms with Crippen molar-refractivity contribution < 1.29 is 0 Å². The summed E-state index contributed by atoms with van der Waals surface area (Å²) < 4.78 is 0. The first kappa shape index (κ1) is 6.17. The molecule has 3 nitrogen and oxygen atoms in total. The van der Waals surface area contributed by atoms with Crippen molar-refractivity contribution in [2.45, 2.75) is 19.3 Å². The van der Waals surface area contributed by atoms with Gasteiger partial charge in [0.15, 0.2) is 0 Å². The lowest BCUT2D eigenvalue weighted by molar-refractivity contribution is 0.900. The lowest BCUT2D eigenvalue weighted by Gasteiger charge is -1.96. The van der Waals surface area contributed by atoms with E-state index in [1.54, 1.807) is 6.33 Å². The summed E-state index contributed by atoms with van der Waals surface area (Å²) >= 11 is 0. The monoisotopic (exact) mass is 159 g/mol. The minimum Gasteiger partial charge on any atom is -0.343 e. The average Bonchev–Trinajstić information content (AvgIpc) is 2.71. The van der Waals surface area contributed by atoms with E-state index in [2.05, 4.69) is 15.0 Å². The van der Waals surface area contributed by atoms with E-state index in [-0.39, 0.29) is 0 Å². The smallest absolute Gasteiger partial charge is 0.0948 e. The Labute approximate surface area is 69.9 Å². The Morgan fingerprint density at radius 3 is 3.25 bits per heavy atom. The number of H-pyrrole nitrogens is 1. The van der Waals surface area contributed by atoms with Gasteiger partial charge in [-0.05, 0) is 19.3 Å². The number of fused-ring (bicyclic) bond motifs is 3. The Bertz CT molecular complexity index is 430. The number of nitrogens with zero attached hydrogens (tertiary/aromatic N) is 2. The lowest BCUT2D eigenvalue weighted by Crippen LogP contribution is -1.88. The van der Waals surface area contributed by atoms with Crippen molar-refractivity contribution in [1.29, 1.82) is 0 Å². The van der Waals surface area contributed by atoms with Crippen molar-refractivity contribution in [3.63, 3.8) is 0 Å². The molecule has 0 amide bonds. The molecule has 12 heavy (non-hydrogen) atoms. The van der Waals surface area contributed by atoms with Crippen molar-refractivity contribution >= 4 is 11.0 Å². The van der Waals surface area contributed by atoms with Crippen LogP contribution in [0.3, 0.4) is 0 Å². The predicted molar refractivity (Wildman–Crippen MR) is 45.9 cm³/mol. The van der Waals surface area contributed by atoms with Crippen molar-refractivity contribution in [3.8, 4) is 0 Å². The van der Waals surface area contributed by atoms with E-state index in [4.69, 9.17) is 0 Å². The Kier molecular flexibility index (Phi) is 1.06. The van der Waals surface area contributed by atoms with Crippen LogP contribution in [0.1, 0.15) is 17.7 Å². The molecule has 0 saturated heterocycles. The first-order valence-electron chi connectivity index (χ1n) is 4.25. The van der Waals surface area contributed by atoms with Gasteiger partial charge in [0.05, 0.1) is 23.6 Å². The third-order valence-electron chi connectivity index (χ3n) is 2.49. The molecular formula is C9H9N3. The van der Waals surface area contributed by atoms with Crippen LogP contribution >= 0.6 is 0 Å². The van der Waals surface area contributed by atoms with Gasteiger partial charge in [0.25, 0.3) is 0 Å². The molecule has 3 heteroatoms. The third-order valence-corrected chi connectivity index (χ3v) is 2.49. The van der Waals surface area contributed by atoms with E-state index < -0.39 is 0 Å². The summed E-state index contributed by atoms with van der Waals surface area (Å²) in [5, 5.41) is 0. The van der Waals surface area contributed by atoms with Crippen LogP contribution in [0, 0.1) is 0 Å². The second-order valence-electron chi connectivity index (χ2n) is 3.20. The number of aromatic nitrogens is 3. The van der Waals surface area contributed by atoms with Gasteiger partial charge >= 0.3 is 0 Å². The van der Waals surface area contributed by atoms with Gasteiger partial charge in [-0.2, -0.15) is 0 Å². The largest absolute Gasteiger partial charge is 0.343 e. The molecule has 3 rings (SSSR count). The molecule has 0 atom stereocenters. The maximum Gasteiger partial charge on any atom is 0.0948 e. The molecule has 0 unspecified atom stereocenters. The fourth-order valence-corrected chi connectivity index (χ4v) is 1.91. The molecule has 0 spiro atoms. The number of pyridine rings is 1. The Hall–Kier alpha value is -1.38. The second kappa shape index (κ2) is 2.06. The van der Waals surface area contributed by atoms with Gasteiger partial charge in [0.1, 0.15) is 0 Å². The first-order chi connectivity index (χ1) is 5.95. The molecule has 0 bridgehead atoms. The van der Waals surface area contributed by atoms with Gasteiger partial charge in [0.2, 0.25) is 0 Å². The van der Waals surface area contributed by atoms with Crippen LogP contribution in [0.4, 0.5) is 0 Å². The molecule has 0 fully saturated rings. The normalized spacial score (nSPS) is 15.3. The number of aromatic amines is 1. The molecule has 2 aromatic rings. The fourth-order valence-electron chi connectivity index (χ4n) is 1.91. The summed E-state index contributed by atoms with van der Waals surface area (Å²) in [7, 11) is 0. The summed E-state index contributed by atoms with van der Waals surface area (Å²) in [6.07, 6.45) is 7.12. The summed E-state index contributed by atoms with van der Waals surface area (Å²) in [5.41, 5.74) is 4.79. The predicted octanol–water partition coefficient (Wildman–Crippen LogP) is 1.45. The van der Waals surface area contributed by atoms with Crippen LogP contribution in [0.2, 0.25) is 0 Å². The molecule has 60 valence electrons. The van der Waals surface area contributed by atoms with E-state index >= 15 is 0 Å². The summed E-state index contributed by atoms with van der Waals surface area (Å²) in [4.78, 5) is 11.8. The zero-order valence-electron chi connectivity index (χ0n) is 6.67. The van der Waals surface area contributed by atoms with Crippen molar-refractivity contribution in [1.82, 2.24) is 15.0 Å². The van der Waals surface area contributed by atoms with E-state index in [9.17, 15) is 0 Å². The maximum atomic E-state index is 4.39. The van der Waals surface area contributed by atoms with Crippen molar-refractivity contribution in [2.24, 2.45) is 0 Å². The second-order valence-corrected chi connectivity index (χ2v) is 3.20. The summed E-state index contributed by atoms with van der Waals surface area (Å²) in [6, 6.07) is 0. The third kappa shape index (κ3) is 0.656. The van der Waals surface area contributed by atoms with Crippen LogP contribution in [0.25, 0.3) is 11.0 Å². The van der Waals surface area contributed by atoms with Gasteiger partial charge in [-0.15, -0.1) is 0 Å². The number of aryl methyl sites for hydroxylation is 2. The molecule has 1 aliphatic carbocycles. The van der Waals surface area contributed by atoms with Gasteiger partial charge in [0, 0.05) is 11.3 Å². The Morgan fingerprint density at radius 2 is 2.25 bits per heavy atom. The highest BCUT2D eigenvalue weighted by Crippen LogP contribution is 2.25. The molecular weight excluding hydrogens is 150 g/mol. The fraction of sp³-hybridized carbons (Fsp3) is 0.333. The molecule has 1 aliphatic rings. The molecule has 1 N–H and O–H groups in total. The lowest BCUT2D eigenvalue weighted by atomic mass is 10.2. The number of imidazole rings is 1. The van der Waals surface area contributed by atoms with Gasteiger partial charge < -0.3 is 4.98 Å². The highest BCUT2D eigenvalue weighted by molar-refractivity contribution is 5.78. The quantitative estimate of drug-likeness (QED) is 0.632. The molecule has 0 radical (unpaired) electrons. The standard InChI is InChI=1S/C9H9N3/c1-2-6-7(3-1)10-4-8-9(6)12-5-11-8/h4-5H,1-3H2,(H,11,12). The molecule has 2 heterocycles. The zero-order chi connectivity index (χ0) is 7.97. The summed E-state index contributed by atoms with van der Waals surface area (Å²) in [6.45, 7) is 0. The minimum atomic E-state index is 1.07. The Balaban J connectivity index is 2.46. The van der Waals surface area contributed by atoms with Crippen LogP contribution in [-0.4, -0.2) is 15.0 Å². The summed E-state index contributed by atoms with van der Waals surface area (Å²) in [5.74, 6) is 0. The SMILES string of the molecule is c1nc2c3c(ncc2[nH]1)CCC3. The molecule has 0 aliphatic heterocycles. The molecule has 0 aromatic carbocycles. The molecule has 0 saturated carbocycles. The maximum absolute atomic E-state index is 4.39. The van der Waals surface area contributed by atoms with Gasteiger partial charge in [-0.3, -0.25) is 4.98 Å². The van der Waals surface area contributed by atoms with E-state index in [0.29, 0.717) is 0 Å². The average molecular weight is 159 g/mol. The van der Waals surface area contributed by atoms with E-state index in [0.717, 1.165) is 23.9 Å². The van der Waals surface area contributed by atoms with E-state index in [1.807, 2.05) is 6.20 Å². The van der Waals surface area contributed by atoms with Crippen LogP contribution in [-0.2, 0) is 12.8 Å². The zero-order valence-corrected chi connectivity index (χ0v) is 6.67.